The lowest BCUT2D eigenvalue weighted by atomic mass is 10.0. The summed E-state index contributed by atoms with van der Waals surface area (Å²) in [6.07, 6.45) is 2.34. The van der Waals surface area contributed by atoms with Crippen LogP contribution in [0, 0.1) is 0 Å². The molecule has 0 saturated carbocycles. The van der Waals surface area contributed by atoms with Crippen LogP contribution in [0.5, 0.6) is 0 Å². The number of piperidine rings is 1. The highest BCUT2D eigenvalue weighted by Crippen LogP contribution is 2.30. The zero-order valence-corrected chi connectivity index (χ0v) is 12.5. The van der Waals surface area contributed by atoms with Gasteiger partial charge in [-0.3, -0.25) is 0 Å². The number of likely N-dealkylation sites (tertiary alicyclic amines) is 1. The van der Waals surface area contributed by atoms with Crippen molar-refractivity contribution in [1.82, 2.24) is 4.90 Å². The van der Waals surface area contributed by atoms with Gasteiger partial charge in [0.15, 0.2) is 0 Å². The molecule has 2 rings (SSSR count). The molecule has 0 spiro atoms. The third-order valence-electron chi connectivity index (χ3n) is 4.18. The molecule has 0 unspecified atom stereocenters. The van der Waals surface area contributed by atoms with Gasteiger partial charge in [-0.25, -0.2) is 0 Å². The number of benzene rings is 1. The summed E-state index contributed by atoms with van der Waals surface area (Å²) < 4.78 is 0. The topological polar surface area (TPSA) is 26.7 Å². The molecule has 1 saturated heterocycles. The molecule has 0 amide bonds. The maximum Gasteiger partial charge on any atom is 0.0716 e. The highest BCUT2D eigenvalue weighted by atomic mass is 35.5. The smallest absolute Gasteiger partial charge is 0.0716 e. The molecule has 0 radical (unpaired) electrons. The monoisotopic (exact) mass is 282 g/mol. The Balaban J connectivity index is 2.12. The van der Waals surface area contributed by atoms with Gasteiger partial charge in [0.05, 0.1) is 6.61 Å². The van der Waals surface area contributed by atoms with Gasteiger partial charge in [0, 0.05) is 42.5 Å². The van der Waals surface area contributed by atoms with E-state index in [4.69, 9.17) is 11.6 Å². The van der Waals surface area contributed by atoms with Gasteiger partial charge in [-0.2, -0.15) is 0 Å². The van der Waals surface area contributed by atoms with E-state index in [2.05, 4.69) is 23.8 Å². The van der Waals surface area contributed by atoms with Crippen LogP contribution in [0.3, 0.4) is 0 Å². The minimum absolute atomic E-state index is 0.00679. The van der Waals surface area contributed by atoms with Crippen LogP contribution in [0.1, 0.15) is 25.3 Å². The molecular weight excluding hydrogens is 260 g/mol. The SMILES string of the molecule is CCN1CCC(N(C)c2cccc(Cl)c2CO)CC1. The van der Waals surface area contributed by atoms with Crippen LogP contribution in [0.25, 0.3) is 0 Å². The maximum atomic E-state index is 9.51. The number of aliphatic hydroxyl groups is 1. The Labute approximate surface area is 120 Å². The molecule has 3 nitrogen and oxygen atoms in total. The molecule has 0 aliphatic carbocycles. The molecule has 1 N–H and O–H groups in total. The number of anilines is 1. The summed E-state index contributed by atoms with van der Waals surface area (Å²) in [5, 5.41) is 10.2. The van der Waals surface area contributed by atoms with Gasteiger partial charge in [0.2, 0.25) is 0 Å². The molecule has 0 bridgehead atoms. The van der Waals surface area contributed by atoms with Crippen LogP contribution in [-0.4, -0.2) is 42.7 Å². The number of nitrogens with zero attached hydrogens (tertiary/aromatic N) is 2. The van der Waals surface area contributed by atoms with E-state index in [0.717, 1.165) is 30.9 Å². The standard InChI is InChI=1S/C15H23ClN2O/c1-3-18-9-7-12(8-10-18)17(2)15-6-4-5-14(16)13(15)11-19/h4-6,12,19H,3,7-11H2,1-2H3. The zero-order valence-electron chi connectivity index (χ0n) is 11.8. The molecule has 4 heteroatoms. The summed E-state index contributed by atoms with van der Waals surface area (Å²) in [5.74, 6) is 0. The summed E-state index contributed by atoms with van der Waals surface area (Å²) in [4.78, 5) is 4.76. The van der Waals surface area contributed by atoms with Gasteiger partial charge >= 0.3 is 0 Å². The second-order valence-electron chi connectivity index (χ2n) is 5.17. The first-order valence-corrected chi connectivity index (χ1v) is 7.38. The maximum absolute atomic E-state index is 9.51. The fourth-order valence-electron chi connectivity index (χ4n) is 2.85. The first-order chi connectivity index (χ1) is 9.17. The van der Waals surface area contributed by atoms with E-state index in [1.807, 2.05) is 18.2 Å². The van der Waals surface area contributed by atoms with E-state index in [-0.39, 0.29) is 6.61 Å². The second-order valence-corrected chi connectivity index (χ2v) is 5.58. The lowest BCUT2D eigenvalue weighted by Crippen LogP contribution is -2.43. The van der Waals surface area contributed by atoms with E-state index in [0.29, 0.717) is 11.1 Å². The molecular formula is C15H23ClN2O. The quantitative estimate of drug-likeness (QED) is 0.920. The number of aliphatic hydroxyl groups excluding tert-OH is 1. The molecule has 0 aromatic heterocycles. The van der Waals surface area contributed by atoms with Crippen molar-refractivity contribution >= 4 is 17.3 Å². The predicted octanol–water partition coefficient (Wildman–Crippen LogP) is 2.75. The van der Waals surface area contributed by atoms with E-state index in [1.54, 1.807) is 0 Å². The Kier molecular flexibility index (Phi) is 5.08. The van der Waals surface area contributed by atoms with E-state index in [1.165, 1.54) is 12.8 Å². The van der Waals surface area contributed by atoms with Crippen LogP contribution in [0.15, 0.2) is 18.2 Å². The first-order valence-electron chi connectivity index (χ1n) is 7.00. The van der Waals surface area contributed by atoms with E-state index < -0.39 is 0 Å². The van der Waals surface area contributed by atoms with Crippen molar-refractivity contribution in [1.29, 1.82) is 0 Å². The van der Waals surface area contributed by atoms with Gasteiger partial charge < -0.3 is 14.9 Å². The molecule has 1 aromatic carbocycles. The van der Waals surface area contributed by atoms with Gasteiger partial charge in [-0.1, -0.05) is 24.6 Å². The number of hydrogen-bond donors (Lipinski definition) is 1. The van der Waals surface area contributed by atoms with Crippen LogP contribution >= 0.6 is 11.6 Å². The average molecular weight is 283 g/mol. The van der Waals surface area contributed by atoms with Crippen molar-refractivity contribution in [2.45, 2.75) is 32.4 Å². The fraction of sp³-hybridized carbons (Fsp3) is 0.600. The molecule has 106 valence electrons. The Morgan fingerprint density at radius 2 is 2.05 bits per heavy atom. The highest BCUT2D eigenvalue weighted by molar-refractivity contribution is 6.31. The lowest BCUT2D eigenvalue weighted by molar-refractivity contribution is 0.220. The van der Waals surface area contributed by atoms with Crippen molar-refractivity contribution in [2.75, 3.05) is 31.6 Å². The van der Waals surface area contributed by atoms with Crippen molar-refractivity contribution in [3.63, 3.8) is 0 Å². The largest absolute Gasteiger partial charge is 0.392 e. The summed E-state index contributed by atoms with van der Waals surface area (Å²) >= 11 is 6.16. The minimum atomic E-state index is -0.00679. The molecule has 1 aliphatic heterocycles. The summed E-state index contributed by atoms with van der Waals surface area (Å²) in [6, 6.07) is 6.37. The third kappa shape index (κ3) is 3.22. The number of halogens is 1. The van der Waals surface area contributed by atoms with Crippen LogP contribution in [-0.2, 0) is 6.61 Å². The first kappa shape index (κ1) is 14.6. The summed E-state index contributed by atoms with van der Waals surface area (Å²) in [5.41, 5.74) is 1.90. The highest BCUT2D eigenvalue weighted by Gasteiger charge is 2.23. The minimum Gasteiger partial charge on any atom is -0.392 e. The van der Waals surface area contributed by atoms with Gasteiger partial charge in [-0.15, -0.1) is 0 Å². The third-order valence-corrected chi connectivity index (χ3v) is 4.54. The Morgan fingerprint density at radius 3 is 2.63 bits per heavy atom. The normalized spacial score (nSPS) is 17.7. The molecule has 0 atom stereocenters. The van der Waals surface area contributed by atoms with Crippen LogP contribution in [0.2, 0.25) is 5.02 Å². The van der Waals surface area contributed by atoms with Crippen LogP contribution in [0.4, 0.5) is 5.69 Å². The Hall–Kier alpha value is -0.770. The van der Waals surface area contributed by atoms with Crippen LogP contribution < -0.4 is 4.90 Å². The predicted molar refractivity (Wildman–Crippen MR) is 80.9 cm³/mol. The lowest BCUT2D eigenvalue weighted by Gasteiger charge is -2.38. The number of hydrogen-bond acceptors (Lipinski definition) is 3. The molecule has 1 heterocycles. The molecule has 1 fully saturated rings. The fourth-order valence-corrected chi connectivity index (χ4v) is 3.08. The van der Waals surface area contributed by atoms with Crippen molar-refractivity contribution < 1.29 is 5.11 Å². The Bertz CT molecular complexity index is 417. The molecule has 19 heavy (non-hydrogen) atoms. The van der Waals surface area contributed by atoms with Crippen molar-refractivity contribution in [3.8, 4) is 0 Å². The van der Waals surface area contributed by atoms with Gasteiger partial charge in [0.25, 0.3) is 0 Å². The summed E-state index contributed by atoms with van der Waals surface area (Å²) in [7, 11) is 2.11. The van der Waals surface area contributed by atoms with E-state index >= 15 is 0 Å². The van der Waals surface area contributed by atoms with Gasteiger partial charge in [-0.05, 0) is 31.5 Å². The van der Waals surface area contributed by atoms with Gasteiger partial charge in [0.1, 0.15) is 0 Å². The summed E-state index contributed by atoms with van der Waals surface area (Å²) in [6.45, 7) is 5.65. The van der Waals surface area contributed by atoms with E-state index in [9.17, 15) is 5.11 Å². The zero-order chi connectivity index (χ0) is 13.8. The molecule has 1 aliphatic rings. The second kappa shape index (κ2) is 6.60. The number of rotatable bonds is 4. The average Bonchev–Trinajstić information content (AvgIpc) is 2.46. The van der Waals surface area contributed by atoms with Crippen molar-refractivity contribution in [2.24, 2.45) is 0 Å². The Morgan fingerprint density at radius 1 is 1.37 bits per heavy atom. The molecule has 1 aromatic rings. The van der Waals surface area contributed by atoms with Crippen molar-refractivity contribution in [3.05, 3.63) is 28.8 Å².